The molecule has 0 fully saturated rings. The number of hydrogen-bond donors (Lipinski definition) is 0. The molecule has 12 rings (SSSR count). The lowest BCUT2D eigenvalue weighted by molar-refractivity contribution is 0.589. The summed E-state index contributed by atoms with van der Waals surface area (Å²) < 4.78 is 0. The molecule has 0 saturated carbocycles. The van der Waals surface area contributed by atoms with Gasteiger partial charge >= 0.3 is 6.85 Å². The number of para-hydroxylation sites is 1. The van der Waals surface area contributed by atoms with Crippen molar-refractivity contribution < 1.29 is 0 Å². The third-order valence-corrected chi connectivity index (χ3v) is 16.4. The molecule has 0 N–H and O–H groups in total. The summed E-state index contributed by atoms with van der Waals surface area (Å²) in [6.07, 6.45) is 0. The standard InChI is InChI=1S/C70H68BN3/c1-45-41-50(69(8,9)10)33-39-61(45)73-63-40-38-53(72(51-34-29-48(30-35-51)67(2,3)4)52-36-31-49(32-37-52)68(5,6)7)43-60(63)71-65-57(44-59-64(66(65)73)56-26-16-18-27-58(56)70(59,11)12)55-25-17-19-28-62(55)74(71)54-24-20-23-47(42-54)46-21-14-13-15-22-46/h13-44H,1-12H3. The molecule has 0 radical (unpaired) electrons. The predicted octanol–water partition coefficient (Wildman–Crippen LogP) is 18.0. The van der Waals surface area contributed by atoms with E-state index >= 15 is 0 Å². The Morgan fingerprint density at radius 1 is 0.432 bits per heavy atom. The molecule has 9 aromatic rings. The molecule has 74 heavy (non-hydrogen) atoms. The van der Waals surface area contributed by atoms with Crippen LogP contribution in [-0.4, -0.2) is 6.85 Å². The Morgan fingerprint density at radius 3 is 1.62 bits per heavy atom. The van der Waals surface area contributed by atoms with Crippen LogP contribution in [0.2, 0.25) is 0 Å². The van der Waals surface area contributed by atoms with Crippen LogP contribution in [0.15, 0.2) is 194 Å². The highest BCUT2D eigenvalue weighted by Crippen LogP contribution is 2.58. The molecule has 0 saturated heterocycles. The zero-order chi connectivity index (χ0) is 51.6. The van der Waals surface area contributed by atoms with Crippen molar-refractivity contribution >= 4 is 63.3 Å². The minimum absolute atomic E-state index is 0.00264. The Morgan fingerprint density at radius 2 is 0.986 bits per heavy atom. The van der Waals surface area contributed by atoms with E-state index in [1.54, 1.807) is 0 Å². The van der Waals surface area contributed by atoms with Crippen molar-refractivity contribution in [1.29, 1.82) is 0 Å². The van der Waals surface area contributed by atoms with E-state index in [4.69, 9.17) is 0 Å². The molecule has 0 amide bonds. The first-order chi connectivity index (χ1) is 35.3. The third-order valence-electron chi connectivity index (χ3n) is 16.4. The molecule has 0 unspecified atom stereocenters. The van der Waals surface area contributed by atoms with Crippen molar-refractivity contribution in [2.75, 3.05) is 14.6 Å². The highest BCUT2D eigenvalue weighted by Gasteiger charge is 2.50. The van der Waals surface area contributed by atoms with Gasteiger partial charge in [-0.25, -0.2) is 0 Å². The van der Waals surface area contributed by atoms with Crippen molar-refractivity contribution in [2.45, 2.75) is 105 Å². The summed E-state index contributed by atoms with van der Waals surface area (Å²) in [6.45, 7) is 27.7. The number of anilines is 8. The average molecular weight is 962 g/mol. The summed E-state index contributed by atoms with van der Waals surface area (Å²) in [5, 5.41) is 0. The molecule has 366 valence electrons. The topological polar surface area (TPSA) is 9.72 Å². The number of aryl methyl sites for hydroxylation is 1. The van der Waals surface area contributed by atoms with Gasteiger partial charge in [0, 0.05) is 56.4 Å². The second kappa shape index (κ2) is 17.0. The van der Waals surface area contributed by atoms with E-state index in [2.05, 4.69) is 292 Å². The molecule has 0 spiro atoms. The lowest BCUT2D eigenvalue weighted by Crippen LogP contribution is -2.62. The largest absolute Gasteiger partial charge is 0.376 e. The first-order valence-electron chi connectivity index (χ1n) is 26.7. The van der Waals surface area contributed by atoms with Crippen LogP contribution in [0.5, 0.6) is 0 Å². The quantitative estimate of drug-likeness (QED) is 0.154. The van der Waals surface area contributed by atoms with Crippen molar-refractivity contribution in [3.63, 3.8) is 0 Å². The highest BCUT2D eigenvalue weighted by atomic mass is 15.2. The minimum Gasteiger partial charge on any atom is -0.376 e. The van der Waals surface area contributed by atoms with E-state index < -0.39 is 0 Å². The third kappa shape index (κ3) is 7.63. The van der Waals surface area contributed by atoms with Gasteiger partial charge in [0.25, 0.3) is 0 Å². The van der Waals surface area contributed by atoms with Gasteiger partial charge in [-0.1, -0.05) is 197 Å². The van der Waals surface area contributed by atoms with Crippen molar-refractivity contribution in [2.24, 2.45) is 0 Å². The van der Waals surface area contributed by atoms with Crippen molar-refractivity contribution in [1.82, 2.24) is 0 Å². The first-order valence-corrected chi connectivity index (χ1v) is 26.7. The Hall–Kier alpha value is -7.56. The Bertz CT molecular complexity index is 3600. The molecule has 3 nitrogen and oxygen atoms in total. The predicted molar refractivity (Wildman–Crippen MR) is 319 cm³/mol. The normalized spacial score (nSPS) is 14.2. The number of hydrogen-bond acceptors (Lipinski definition) is 3. The lowest BCUT2D eigenvalue weighted by Gasteiger charge is -2.47. The van der Waals surface area contributed by atoms with Crippen LogP contribution >= 0.6 is 0 Å². The Balaban J connectivity index is 1.20. The van der Waals surface area contributed by atoms with Crippen LogP contribution in [0.25, 0.3) is 33.4 Å². The fourth-order valence-corrected chi connectivity index (χ4v) is 12.3. The molecule has 4 heteroatoms. The second-order valence-electron chi connectivity index (χ2n) is 24.7. The Labute approximate surface area is 441 Å². The SMILES string of the molecule is Cc1cc(C(C)(C)C)ccc1N1c2ccc(N(c3ccc(C(C)(C)C)cc3)c3ccc(C(C)(C)C)cc3)cc2B2c3c(cc4c(c31)-c1ccccc1C4(C)C)-c1ccccc1N2c1cccc(-c2ccccc2)c1. The van der Waals surface area contributed by atoms with E-state index in [0.717, 1.165) is 22.7 Å². The van der Waals surface area contributed by atoms with Gasteiger partial charge in [0.05, 0.1) is 5.69 Å². The summed E-state index contributed by atoms with van der Waals surface area (Å²) in [5.74, 6) is 0. The molecule has 0 aromatic heterocycles. The van der Waals surface area contributed by atoms with Crippen LogP contribution < -0.4 is 25.5 Å². The first kappa shape index (κ1) is 47.4. The van der Waals surface area contributed by atoms with Gasteiger partial charge in [0.1, 0.15) is 0 Å². The average Bonchev–Trinajstić information content (AvgIpc) is 3.67. The molecule has 9 aromatic carbocycles. The summed E-state index contributed by atoms with van der Waals surface area (Å²) in [5.41, 5.74) is 27.4. The number of rotatable bonds is 6. The smallest absolute Gasteiger partial charge is 0.333 e. The number of nitrogens with zero attached hydrogens (tertiary/aromatic N) is 3. The van der Waals surface area contributed by atoms with Crippen LogP contribution in [-0.2, 0) is 21.7 Å². The summed E-state index contributed by atoms with van der Waals surface area (Å²) in [7, 11) is 0. The van der Waals surface area contributed by atoms with E-state index in [-0.39, 0.29) is 28.5 Å². The maximum atomic E-state index is 2.67. The van der Waals surface area contributed by atoms with Gasteiger partial charge in [0.2, 0.25) is 0 Å². The molecule has 2 aliphatic heterocycles. The van der Waals surface area contributed by atoms with E-state index in [9.17, 15) is 0 Å². The van der Waals surface area contributed by atoms with Gasteiger partial charge in [-0.15, -0.1) is 0 Å². The maximum absolute atomic E-state index is 2.67. The minimum atomic E-state index is -0.227. The highest BCUT2D eigenvalue weighted by molar-refractivity contribution is 6.94. The molecule has 1 aliphatic carbocycles. The monoisotopic (exact) mass is 962 g/mol. The van der Waals surface area contributed by atoms with Crippen LogP contribution in [0.3, 0.4) is 0 Å². The van der Waals surface area contributed by atoms with Gasteiger partial charge in [-0.2, -0.15) is 0 Å². The Kier molecular flexibility index (Phi) is 10.9. The molecular weight excluding hydrogens is 894 g/mol. The maximum Gasteiger partial charge on any atom is 0.333 e. The summed E-state index contributed by atoms with van der Waals surface area (Å²) in [6, 6.07) is 74.1. The second-order valence-corrected chi connectivity index (χ2v) is 24.7. The van der Waals surface area contributed by atoms with Gasteiger partial charge < -0.3 is 14.6 Å². The van der Waals surface area contributed by atoms with Crippen LogP contribution in [0.1, 0.15) is 110 Å². The zero-order valence-corrected chi connectivity index (χ0v) is 45.4. The summed E-state index contributed by atoms with van der Waals surface area (Å²) >= 11 is 0. The van der Waals surface area contributed by atoms with Gasteiger partial charge in [-0.3, -0.25) is 0 Å². The van der Waals surface area contributed by atoms with Gasteiger partial charge in [-0.05, 0) is 163 Å². The van der Waals surface area contributed by atoms with Gasteiger partial charge in [0.15, 0.2) is 0 Å². The molecule has 2 heterocycles. The fourth-order valence-electron chi connectivity index (χ4n) is 12.3. The molecule has 3 aliphatic rings. The van der Waals surface area contributed by atoms with E-state index in [1.807, 2.05) is 0 Å². The molecule has 0 atom stereocenters. The number of benzene rings is 9. The zero-order valence-electron chi connectivity index (χ0n) is 45.4. The molecule has 0 bridgehead atoms. The van der Waals surface area contributed by atoms with Crippen molar-refractivity contribution in [3.05, 3.63) is 228 Å². The number of fused-ring (bicyclic) bond motifs is 8. The van der Waals surface area contributed by atoms with E-state index in [0.29, 0.717) is 0 Å². The fraction of sp³-hybridized carbons (Fsp3) is 0.229. The van der Waals surface area contributed by atoms with E-state index in [1.165, 1.54) is 100 Å². The summed E-state index contributed by atoms with van der Waals surface area (Å²) in [4.78, 5) is 7.81. The van der Waals surface area contributed by atoms with Crippen LogP contribution in [0.4, 0.5) is 45.5 Å². The lowest BCUT2D eigenvalue weighted by atomic mass is 9.43. The van der Waals surface area contributed by atoms with Crippen molar-refractivity contribution in [3.8, 4) is 33.4 Å². The molecular formula is C70H68BN3. The van der Waals surface area contributed by atoms with Crippen LogP contribution in [0, 0.1) is 6.92 Å².